The number of carbonyl (C=O) groups is 1. The predicted molar refractivity (Wildman–Crippen MR) is 110 cm³/mol. The number of unbranched alkanes of at least 4 members (excludes halogenated alkanes) is 1. The molecule has 148 valence electrons. The molecule has 3 aliphatic rings. The van der Waals surface area contributed by atoms with Crippen molar-refractivity contribution in [2.75, 3.05) is 19.6 Å². The van der Waals surface area contributed by atoms with Gasteiger partial charge in [0, 0.05) is 31.6 Å². The van der Waals surface area contributed by atoms with E-state index < -0.39 is 0 Å². The summed E-state index contributed by atoms with van der Waals surface area (Å²) in [6, 6.07) is 11.8. The smallest absolute Gasteiger partial charge is 0.226 e. The zero-order valence-electron chi connectivity index (χ0n) is 17.0. The number of nitrogens with zero attached hydrogens (tertiary/aromatic N) is 2. The number of benzene rings is 1. The summed E-state index contributed by atoms with van der Waals surface area (Å²) in [5.41, 5.74) is 1.31. The van der Waals surface area contributed by atoms with Gasteiger partial charge in [-0.05, 0) is 50.0 Å². The predicted octanol–water partition coefficient (Wildman–Crippen LogP) is 5.03. The van der Waals surface area contributed by atoms with E-state index in [1.807, 2.05) is 0 Å². The van der Waals surface area contributed by atoms with Crippen molar-refractivity contribution in [2.24, 2.45) is 11.8 Å². The van der Waals surface area contributed by atoms with Crippen LogP contribution in [-0.2, 0) is 4.79 Å². The molecule has 0 spiro atoms. The second-order valence-corrected chi connectivity index (χ2v) is 9.04. The Morgan fingerprint density at radius 2 is 1.74 bits per heavy atom. The van der Waals surface area contributed by atoms with Gasteiger partial charge in [0.05, 0.1) is 6.04 Å². The van der Waals surface area contributed by atoms with Gasteiger partial charge in [0.15, 0.2) is 0 Å². The molecule has 3 heteroatoms. The fraction of sp³-hybridized carbons (Fsp3) is 0.708. The molecule has 1 amide bonds. The molecule has 1 unspecified atom stereocenters. The molecule has 1 saturated heterocycles. The van der Waals surface area contributed by atoms with Crippen LogP contribution >= 0.6 is 0 Å². The topological polar surface area (TPSA) is 23.6 Å². The molecule has 0 bridgehead atoms. The highest BCUT2D eigenvalue weighted by Gasteiger charge is 2.39. The Labute approximate surface area is 165 Å². The molecule has 1 aliphatic heterocycles. The minimum absolute atomic E-state index is 0.242. The average Bonchev–Trinajstić information content (AvgIpc) is 3.58. The monoisotopic (exact) mass is 368 g/mol. The third-order valence-corrected chi connectivity index (χ3v) is 7.10. The number of hydrogen-bond acceptors (Lipinski definition) is 2. The van der Waals surface area contributed by atoms with Crippen molar-refractivity contribution in [1.82, 2.24) is 9.80 Å². The van der Waals surface area contributed by atoms with Crippen LogP contribution in [0.3, 0.4) is 0 Å². The van der Waals surface area contributed by atoms with Gasteiger partial charge in [0.1, 0.15) is 0 Å². The Morgan fingerprint density at radius 3 is 2.41 bits per heavy atom. The Bertz CT molecular complexity index is 604. The summed E-state index contributed by atoms with van der Waals surface area (Å²) in [5, 5.41) is 0. The fourth-order valence-corrected chi connectivity index (χ4v) is 5.23. The van der Waals surface area contributed by atoms with Gasteiger partial charge in [-0.25, -0.2) is 0 Å². The maximum absolute atomic E-state index is 13.5. The van der Waals surface area contributed by atoms with E-state index in [1.165, 1.54) is 50.5 Å². The van der Waals surface area contributed by atoms with Crippen LogP contribution in [0.1, 0.15) is 76.3 Å². The van der Waals surface area contributed by atoms with Gasteiger partial charge in [-0.3, -0.25) is 9.69 Å². The lowest BCUT2D eigenvalue weighted by Crippen LogP contribution is -2.52. The molecule has 0 radical (unpaired) electrons. The number of carbonyl (C=O) groups excluding carboxylic acids is 1. The first-order valence-electron chi connectivity index (χ1n) is 11.4. The lowest BCUT2D eigenvalue weighted by molar-refractivity contribution is -0.142. The minimum Gasteiger partial charge on any atom is -0.333 e. The van der Waals surface area contributed by atoms with Gasteiger partial charge in [0.2, 0.25) is 5.91 Å². The molecule has 1 heterocycles. The molecule has 1 atom stereocenters. The van der Waals surface area contributed by atoms with Crippen LogP contribution in [0.4, 0.5) is 0 Å². The van der Waals surface area contributed by atoms with Crippen molar-refractivity contribution >= 4 is 5.91 Å². The third kappa shape index (κ3) is 4.56. The molecule has 27 heavy (non-hydrogen) atoms. The Kier molecular flexibility index (Phi) is 6.17. The molecule has 0 aromatic heterocycles. The molecule has 3 nitrogen and oxygen atoms in total. The molecule has 0 N–H and O–H groups in total. The molecule has 2 aliphatic carbocycles. The first-order chi connectivity index (χ1) is 13.3. The summed E-state index contributed by atoms with van der Waals surface area (Å²) in [7, 11) is 0. The molecule has 4 rings (SSSR count). The van der Waals surface area contributed by atoms with Crippen LogP contribution < -0.4 is 0 Å². The zero-order chi connectivity index (χ0) is 18.6. The van der Waals surface area contributed by atoms with E-state index in [0.29, 0.717) is 5.91 Å². The van der Waals surface area contributed by atoms with Crippen molar-refractivity contribution in [3.05, 3.63) is 35.9 Å². The maximum atomic E-state index is 13.5. The number of rotatable bonds is 6. The number of piperazine rings is 1. The Hall–Kier alpha value is -1.35. The van der Waals surface area contributed by atoms with Crippen molar-refractivity contribution < 1.29 is 4.79 Å². The van der Waals surface area contributed by atoms with E-state index in [-0.39, 0.29) is 12.0 Å². The summed E-state index contributed by atoms with van der Waals surface area (Å²) < 4.78 is 0. The van der Waals surface area contributed by atoms with E-state index in [0.717, 1.165) is 44.4 Å². The highest BCUT2D eigenvalue weighted by molar-refractivity contribution is 5.79. The zero-order valence-corrected chi connectivity index (χ0v) is 17.0. The largest absolute Gasteiger partial charge is 0.333 e. The minimum atomic E-state index is 0.242. The SMILES string of the molecule is CCCCC1CCC(C(=O)N2CCN(C3CC3)CC2c2ccccc2)CC1. The highest BCUT2D eigenvalue weighted by atomic mass is 16.2. The van der Waals surface area contributed by atoms with Crippen molar-refractivity contribution in [3.8, 4) is 0 Å². The normalized spacial score (nSPS) is 29.7. The Morgan fingerprint density at radius 1 is 1.00 bits per heavy atom. The van der Waals surface area contributed by atoms with Gasteiger partial charge in [-0.15, -0.1) is 0 Å². The van der Waals surface area contributed by atoms with Crippen LogP contribution in [-0.4, -0.2) is 41.4 Å². The molecular formula is C24H36N2O. The molecule has 1 aromatic rings. The third-order valence-electron chi connectivity index (χ3n) is 7.10. The summed E-state index contributed by atoms with van der Waals surface area (Å²) in [5.74, 6) is 1.57. The van der Waals surface area contributed by atoms with E-state index >= 15 is 0 Å². The second kappa shape index (κ2) is 8.77. The second-order valence-electron chi connectivity index (χ2n) is 9.04. The lowest BCUT2D eigenvalue weighted by atomic mass is 9.79. The molecule has 3 fully saturated rings. The van der Waals surface area contributed by atoms with Crippen LogP contribution in [0, 0.1) is 11.8 Å². The van der Waals surface area contributed by atoms with Gasteiger partial charge < -0.3 is 4.90 Å². The van der Waals surface area contributed by atoms with Gasteiger partial charge >= 0.3 is 0 Å². The Balaban J connectivity index is 1.42. The van der Waals surface area contributed by atoms with E-state index in [2.05, 4.69) is 47.1 Å². The van der Waals surface area contributed by atoms with Crippen LogP contribution in [0.2, 0.25) is 0 Å². The standard InChI is InChI=1S/C24H36N2O/c1-2-3-7-19-10-12-21(13-11-19)24(27)26-17-16-25(22-14-15-22)18-23(26)20-8-5-4-6-9-20/h4-6,8-9,19,21-23H,2-3,7,10-18H2,1H3. The quantitative estimate of drug-likeness (QED) is 0.703. The van der Waals surface area contributed by atoms with Crippen molar-refractivity contribution in [1.29, 1.82) is 0 Å². The van der Waals surface area contributed by atoms with Crippen LogP contribution in [0.5, 0.6) is 0 Å². The van der Waals surface area contributed by atoms with Crippen molar-refractivity contribution in [3.63, 3.8) is 0 Å². The first-order valence-corrected chi connectivity index (χ1v) is 11.4. The van der Waals surface area contributed by atoms with Crippen molar-refractivity contribution in [2.45, 2.75) is 76.8 Å². The summed E-state index contributed by atoms with van der Waals surface area (Å²) in [6.07, 6.45) is 11.4. The van der Waals surface area contributed by atoms with Gasteiger partial charge in [-0.1, -0.05) is 56.5 Å². The maximum Gasteiger partial charge on any atom is 0.226 e. The summed E-state index contributed by atoms with van der Waals surface area (Å²) in [4.78, 5) is 18.3. The number of hydrogen-bond donors (Lipinski definition) is 0. The van der Waals surface area contributed by atoms with E-state index in [9.17, 15) is 4.79 Å². The molecule has 1 aromatic carbocycles. The molecule has 2 saturated carbocycles. The van der Waals surface area contributed by atoms with Gasteiger partial charge in [0.25, 0.3) is 0 Å². The molecular weight excluding hydrogens is 332 g/mol. The van der Waals surface area contributed by atoms with Crippen LogP contribution in [0.15, 0.2) is 30.3 Å². The van der Waals surface area contributed by atoms with E-state index in [4.69, 9.17) is 0 Å². The van der Waals surface area contributed by atoms with Crippen LogP contribution in [0.25, 0.3) is 0 Å². The summed E-state index contributed by atoms with van der Waals surface area (Å²) >= 11 is 0. The number of amides is 1. The van der Waals surface area contributed by atoms with Gasteiger partial charge in [-0.2, -0.15) is 0 Å². The van der Waals surface area contributed by atoms with E-state index in [1.54, 1.807) is 0 Å². The first kappa shape index (κ1) is 19.0. The lowest BCUT2D eigenvalue weighted by Gasteiger charge is -2.44. The summed E-state index contributed by atoms with van der Waals surface area (Å²) in [6.45, 7) is 5.27. The highest BCUT2D eigenvalue weighted by Crippen LogP contribution is 2.37. The average molecular weight is 369 g/mol. The fourth-order valence-electron chi connectivity index (χ4n) is 5.23.